The highest BCUT2D eigenvalue weighted by molar-refractivity contribution is 9.10. The summed E-state index contributed by atoms with van der Waals surface area (Å²) in [5.74, 6) is -0.438. The third-order valence-corrected chi connectivity index (χ3v) is 9.08. The number of likely N-dealkylation sites (tertiary alicyclic amines) is 1. The summed E-state index contributed by atoms with van der Waals surface area (Å²) in [6.45, 7) is 2.81. The second kappa shape index (κ2) is 13.4. The number of fused-ring (bicyclic) bond motifs is 4. The minimum atomic E-state index is -1.88. The van der Waals surface area contributed by atoms with E-state index >= 15 is 4.39 Å². The Balaban J connectivity index is 1.30. The van der Waals surface area contributed by atoms with Crippen LogP contribution < -0.4 is 0 Å². The molecule has 6 heterocycles. The summed E-state index contributed by atoms with van der Waals surface area (Å²) in [5, 5.41) is 4.98. The van der Waals surface area contributed by atoms with Crippen LogP contribution in [0.15, 0.2) is 41.4 Å². The quantitative estimate of drug-likeness (QED) is 0.218. The van der Waals surface area contributed by atoms with E-state index in [1.807, 2.05) is 12.1 Å². The summed E-state index contributed by atoms with van der Waals surface area (Å²) in [6, 6.07) is 4.55. The van der Waals surface area contributed by atoms with Crippen LogP contribution in [-0.4, -0.2) is 83.6 Å². The number of hydrogen-bond acceptors (Lipinski definition) is 9. The number of aryl methyl sites for hydroxylation is 2. The Labute approximate surface area is 274 Å². The van der Waals surface area contributed by atoms with E-state index in [-0.39, 0.29) is 49.8 Å². The van der Waals surface area contributed by atoms with Gasteiger partial charge >= 0.3 is 0 Å². The van der Waals surface area contributed by atoms with Crippen molar-refractivity contribution in [2.45, 2.75) is 77.0 Å². The molecule has 0 N–H and O–H groups in total. The molecular weight excluding hydrogens is 657 g/mol. The highest BCUT2D eigenvalue weighted by Crippen LogP contribution is 2.34. The zero-order chi connectivity index (χ0) is 32.4. The number of ether oxygens (including phenoxy) is 1. The topological polar surface area (TPSA) is 133 Å². The van der Waals surface area contributed by atoms with E-state index in [0.717, 1.165) is 37.7 Å². The van der Waals surface area contributed by atoms with Gasteiger partial charge in [-0.2, -0.15) is 5.10 Å². The number of rotatable bonds is 4. The van der Waals surface area contributed by atoms with Gasteiger partial charge in [0.1, 0.15) is 22.7 Å². The Morgan fingerprint density at radius 2 is 1.89 bits per heavy atom. The number of aromatic nitrogens is 6. The lowest BCUT2D eigenvalue weighted by Crippen LogP contribution is -2.43. The maximum Gasteiger partial charge on any atom is 0.245 e. The maximum absolute atomic E-state index is 16.3. The van der Waals surface area contributed by atoms with E-state index in [1.54, 1.807) is 31.6 Å². The Morgan fingerprint density at radius 1 is 1.11 bits per heavy atom. The molecule has 1 saturated heterocycles. The van der Waals surface area contributed by atoms with Gasteiger partial charge in [-0.3, -0.25) is 24.0 Å². The monoisotopic (exact) mass is 691 g/mol. The van der Waals surface area contributed by atoms with Crippen LogP contribution in [0.25, 0.3) is 22.2 Å². The first-order chi connectivity index (χ1) is 22.1. The van der Waals surface area contributed by atoms with E-state index in [4.69, 9.17) is 4.74 Å². The fourth-order valence-electron chi connectivity index (χ4n) is 6.24. The van der Waals surface area contributed by atoms with Gasteiger partial charge in [-0.05, 0) is 59.8 Å². The third-order valence-electron chi connectivity index (χ3n) is 8.63. The molecule has 1 fully saturated rings. The van der Waals surface area contributed by atoms with Gasteiger partial charge in [0.05, 0.1) is 48.7 Å². The first-order valence-electron chi connectivity index (χ1n) is 15.5. The van der Waals surface area contributed by atoms with E-state index in [2.05, 4.69) is 41.0 Å². The summed E-state index contributed by atoms with van der Waals surface area (Å²) >= 11 is 3.42. The van der Waals surface area contributed by atoms with Gasteiger partial charge in [-0.1, -0.05) is 18.9 Å². The molecule has 0 saturated carbocycles. The third kappa shape index (κ3) is 6.90. The molecule has 2 bridgehead atoms. The maximum atomic E-state index is 16.3. The Hall–Kier alpha value is -3.97. The molecule has 2 aliphatic heterocycles. The van der Waals surface area contributed by atoms with Crippen molar-refractivity contribution in [3.05, 3.63) is 64.2 Å². The van der Waals surface area contributed by atoms with Crippen molar-refractivity contribution in [1.29, 1.82) is 0 Å². The van der Waals surface area contributed by atoms with Crippen molar-refractivity contribution in [3.63, 3.8) is 0 Å². The van der Waals surface area contributed by atoms with E-state index < -0.39 is 17.6 Å². The molecule has 2 atom stereocenters. The molecule has 0 aromatic carbocycles. The molecule has 0 aliphatic carbocycles. The first-order valence-corrected chi connectivity index (χ1v) is 16.3. The molecular formula is C33H35BrFN7O4. The molecule has 6 rings (SSSR count). The molecule has 0 unspecified atom stereocenters. The molecule has 13 heteroatoms. The number of pyridine rings is 2. The van der Waals surface area contributed by atoms with Crippen LogP contribution in [-0.2, 0) is 33.7 Å². The summed E-state index contributed by atoms with van der Waals surface area (Å²) in [7, 11) is 0. The van der Waals surface area contributed by atoms with Gasteiger partial charge in [0.15, 0.2) is 17.2 Å². The predicted octanol–water partition coefficient (Wildman–Crippen LogP) is 4.81. The number of Topliss-reactive ketones (excluding diaryl/α,β-unsaturated/α-hetero) is 2. The highest BCUT2D eigenvalue weighted by atomic mass is 79.9. The molecule has 1 amide bonds. The fraction of sp³-hybridized carbons (Fsp3) is 0.455. The van der Waals surface area contributed by atoms with Crippen LogP contribution in [0.4, 0.5) is 4.39 Å². The number of nitrogens with zero attached hydrogens (tertiary/aromatic N) is 7. The zero-order valence-electron chi connectivity index (χ0n) is 25.8. The lowest BCUT2D eigenvalue weighted by atomic mass is 9.96. The molecule has 240 valence electrons. The van der Waals surface area contributed by atoms with Gasteiger partial charge in [0.2, 0.25) is 5.91 Å². The minimum Gasteiger partial charge on any atom is -0.378 e. The molecule has 46 heavy (non-hydrogen) atoms. The van der Waals surface area contributed by atoms with Crippen molar-refractivity contribution < 1.29 is 23.5 Å². The zero-order valence-corrected chi connectivity index (χ0v) is 27.4. The van der Waals surface area contributed by atoms with Crippen LogP contribution >= 0.6 is 15.9 Å². The largest absolute Gasteiger partial charge is 0.378 e. The normalized spacial score (nSPS) is 21.1. The van der Waals surface area contributed by atoms with Crippen LogP contribution in [0.5, 0.6) is 0 Å². The molecule has 0 spiro atoms. The highest BCUT2D eigenvalue weighted by Gasteiger charge is 2.49. The summed E-state index contributed by atoms with van der Waals surface area (Å²) in [6.07, 6.45) is 9.15. The van der Waals surface area contributed by atoms with Gasteiger partial charge in [0.25, 0.3) is 0 Å². The van der Waals surface area contributed by atoms with Gasteiger partial charge in [-0.25, -0.2) is 19.3 Å². The summed E-state index contributed by atoms with van der Waals surface area (Å²) < 4.78 is 24.0. The van der Waals surface area contributed by atoms with E-state index in [0.29, 0.717) is 44.9 Å². The van der Waals surface area contributed by atoms with Gasteiger partial charge in [-0.15, -0.1) is 0 Å². The molecule has 11 nitrogen and oxygen atoms in total. The summed E-state index contributed by atoms with van der Waals surface area (Å²) in [5.41, 5.74) is 1.59. The minimum absolute atomic E-state index is 0.0191. The predicted molar refractivity (Wildman–Crippen MR) is 171 cm³/mol. The van der Waals surface area contributed by atoms with Crippen LogP contribution in [0, 0.1) is 6.92 Å². The number of alkyl halides is 1. The van der Waals surface area contributed by atoms with Gasteiger partial charge < -0.3 is 9.64 Å². The standard InChI is InChI=1S/C33H35BrFN7O4/c1-20(43)32-24-11-25(23-14-36-21(2)37-15-23)38-16-28(24)42(40-32)17-31(45)41-18-33(35)13-27(41)29(44)12-26-22(8-9-30(34)39-26)7-5-3-4-6-10-46-19-33/h8-9,11,14-16,27H,3-7,10,12-13,17-19H2,1-2H3/t27-,33+/m0/s1. The number of halogens is 2. The lowest BCUT2D eigenvalue weighted by Gasteiger charge is -2.24. The van der Waals surface area contributed by atoms with Crippen LogP contribution in [0.3, 0.4) is 0 Å². The molecule has 4 aromatic rings. The SMILES string of the molecule is CC(=O)c1nn(CC(=O)N2C[C@@]3(F)COCCCCCCc4ccc(Br)nc4CC(=O)[C@@H]2C3)c2cnc(-c3cnc(C)nc3)cc12. The number of hydrogen-bond donors (Lipinski definition) is 0. The average molecular weight is 693 g/mol. The van der Waals surface area contributed by atoms with E-state index in [9.17, 15) is 14.4 Å². The Morgan fingerprint density at radius 3 is 2.67 bits per heavy atom. The van der Waals surface area contributed by atoms with Crippen molar-refractivity contribution in [2.24, 2.45) is 0 Å². The molecule has 0 radical (unpaired) electrons. The van der Waals surface area contributed by atoms with Gasteiger partial charge in [0, 0.05) is 43.3 Å². The molecule has 2 aliphatic rings. The van der Waals surface area contributed by atoms with Crippen LogP contribution in [0.2, 0.25) is 0 Å². The van der Waals surface area contributed by atoms with Crippen molar-refractivity contribution in [2.75, 3.05) is 19.8 Å². The van der Waals surface area contributed by atoms with Crippen molar-refractivity contribution >= 4 is 44.3 Å². The van der Waals surface area contributed by atoms with Crippen molar-refractivity contribution in [1.82, 2.24) is 34.6 Å². The fourth-order valence-corrected chi connectivity index (χ4v) is 6.59. The van der Waals surface area contributed by atoms with Crippen molar-refractivity contribution in [3.8, 4) is 11.3 Å². The second-order valence-electron chi connectivity index (χ2n) is 12.2. The number of ketones is 2. The Kier molecular flexibility index (Phi) is 9.32. The second-order valence-corrected chi connectivity index (χ2v) is 13.0. The van der Waals surface area contributed by atoms with E-state index in [1.165, 1.54) is 16.5 Å². The smallest absolute Gasteiger partial charge is 0.245 e. The lowest BCUT2D eigenvalue weighted by molar-refractivity contribution is -0.138. The first kappa shape index (κ1) is 32.0. The Bertz CT molecular complexity index is 1800. The average Bonchev–Trinajstić information content (AvgIpc) is 3.57. The summed E-state index contributed by atoms with van der Waals surface area (Å²) in [4.78, 5) is 59.2. The number of carbonyl (C=O) groups is 3. The molecule has 4 aromatic heterocycles. The number of amides is 1. The van der Waals surface area contributed by atoms with Crippen LogP contribution in [0.1, 0.15) is 66.6 Å². The number of carbonyl (C=O) groups excluding carboxylic acids is 3.